The summed E-state index contributed by atoms with van der Waals surface area (Å²) >= 11 is 0. The number of hydrogen-bond donors (Lipinski definition) is 8. The van der Waals surface area contributed by atoms with Crippen molar-refractivity contribution in [2.24, 2.45) is 17.2 Å². The summed E-state index contributed by atoms with van der Waals surface area (Å²) in [4.78, 5) is 69.3. The number of hydrogen-bond acceptors (Lipinski definition) is 8. The molecule has 0 heterocycles. The number of nitrogens with one attached hydrogen (secondary N) is 3. The number of aliphatic carboxylic acids is 1. The monoisotopic (exact) mass is 432 g/mol. The summed E-state index contributed by atoms with van der Waals surface area (Å²) in [6.07, 6.45) is -2.47. The van der Waals surface area contributed by atoms with Gasteiger partial charge < -0.3 is 43.4 Å². The van der Waals surface area contributed by atoms with Gasteiger partial charge in [-0.25, -0.2) is 4.79 Å². The fraction of sp³-hybridized carbons (Fsp3) is 0.625. The Kier molecular flexibility index (Phi) is 11.0. The van der Waals surface area contributed by atoms with Crippen LogP contribution in [0.4, 0.5) is 0 Å². The zero-order chi connectivity index (χ0) is 23.6. The van der Waals surface area contributed by atoms with Crippen LogP contribution in [0.15, 0.2) is 0 Å². The van der Waals surface area contributed by atoms with E-state index in [2.05, 4.69) is 16.0 Å². The lowest BCUT2D eigenvalue weighted by molar-refractivity contribution is -0.143. The van der Waals surface area contributed by atoms with Crippen LogP contribution >= 0.6 is 0 Å². The summed E-state index contributed by atoms with van der Waals surface area (Å²) in [7, 11) is 0. The number of carbonyl (C=O) groups is 6. The standard InChI is InChI=1S/C16H28N6O8/c1-6(20-14(27)8(17)5-11(19)25)13(26)22-12(7(2)23)15(28)21-9(16(29)30)3-4-10(18)24/h6-9,12,23H,3-5,17H2,1-2H3,(H2,18,24)(H2,19,25)(H,20,27)(H,21,28)(H,22,26)(H,29,30). The van der Waals surface area contributed by atoms with Gasteiger partial charge in [0, 0.05) is 6.42 Å². The molecular formula is C16H28N6O8. The number of carboxylic acids is 1. The van der Waals surface area contributed by atoms with E-state index in [4.69, 9.17) is 22.3 Å². The Labute approximate surface area is 171 Å². The normalized spacial score (nSPS) is 15.6. The molecule has 0 aliphatic rings. The molecule has 0 saturated heterocycles. The van der Waals surface area contributed by atoms with Crippen molar-refractivity contribution in [3.63, 3.8) is 0 Å². The number of aliphatic hydroxyl groups is 1. The Bertz CT molecular complexity index is 683. The lowest BCUT2D eigenvalue weighted by Crippen LogP contribution is -2.59. The van der Waals surface area contributed by atoms with E-state index in [1.54, 1.807) is 0 Å². The zero-order valence-electron chi connectivity index (χ0n) is 16.6. The molecule has 0 spiro atoms. The highest BCUT2D eigenvalue weighted by atomic mass is 16.4. The maximum absolute atomic E-state index is 12.3. The maximum atomic E-state index is 12.3. The number of amides is 5. The summed E-state index contributed by atoms with van der Waals surface area (Å²) in [5, 5.41) is 25.4. The van der Waals surface area contributed by atoms with Crippen LogP contribution in [0.2, 0.25) is 0 Å². The zero-order valence-corrected chi connectivity index (χ0v) is 16.6. The second-order valence-electron chi connectivity index (χ2n) is 6.64. The predicted molar refractivity (Wildman–Crippen MR) is 101 cm³/mol. The molecule has 170 valence electrons. The number of carbonyl (C=O) groups excluding carboxylic acids is 5. The van der Waals surface area contributed by atoms with Crippen molar-refractivity contribution in [1.82, 2.24) is 16.0 Å². The molecule has 0 aromatic heterocycles. The fourth-order valence-corrected chi connectivity index (χ4v) is 2.18. The first kappa shape index (κ1) is 26.7. The summed E-state index contributed by atoms with van der Waals surface area (Å²) in [6, 6.07) is -5.54. The quantitative estimate of drug-likeness (QED) is 0.139. The molecule has 0 bridgehead atoms. The Morgan fingerprint density at radius 3 is 1.87 bits per heavy atom. The lowest BCUT2D eigenvalue weighted by atomic mass is 10.1. The SMILES string of the molecule is CC(NC(=O)C(N)CC(N)=O)C(=O)NC(C(=O)NC(CCC(N)=O)C(=O)O)C(C)O. The van der Waals surface area contributed by atoms with Crippen LogP contribution < -0.4 is 33.2 Å². The number of aliphatic hydroxyl groups excluding tert-OH is 1. The van der Waals surface area contributed by atoms with Crippen molar-refractivity contribution >= 4 is 35.5 Å². The van der Waals surface area contributed by atoms with Gasteiger partial charge in [-0.15, -0.1) is 0 Å². The van der Waals surface area contributed by atoms with Crippen molar-refractivity contribution in [2.75, 3.05) is 0 Å². The van der Waals surface area contributed by atoms with Crippen molar-refractivity contribution < 1.29 is 39.0 Å². The van der Waals surface area contributed by atoms with Gasteiger partial charge in [0.25, 0.3) is 0 Å². The molecule has 14 heteroatoms. The molecule has 0 saturated carbocycles. The highest BCUT2D eigenvalue weighted by Crippen LogP contribution is 2.02. The van der Waals surface area contributed by atoms with Gasteiger partial charge in [-0.1, -0.05) is 0 Å². The molecule has 0 aliphatic heterocycles. The third-order valence-corrected chi connectivity index (χ3v) is 3.87. The first-order valence-corrected chi connectivity index (χ1v) is 8.90. The molecule has 11 N–H and O–H groups in total. The first-order chi connectivity index (χ1) is 13.8. The molecule has 5 amide bonds. The Hall–Kier alpha value is -3.26. The molecule has 0 aromatic rings. The summed E-state index contributed by atoms with van der Waals surface area (Å²) < 4.78 is 0. The van der Waals surface area contributed by atoms with Crippen LogP contribution in [0.25, 0.3) is 0 Å². The van der Waals surface area contributed by atoms with Crippen molar-refractivity contribution in [1.29, 1.82) is 0 Å². The first-order valence-electron chi connectivity index (χ1n) is 8.90. The topological polar surface area (TPSA) is 257 Å². The Morgan fingerprint density at radius 2 is 1.43 bits per heavy atom. The number of nitrogens with two attached hydrogens (primary N) is 3. The molecule has 5 unspecified atom stereocenters. The predicted octanol–water partition coefficient (Wildman–Crippen LogP) is -4.61. The average Bonchev–Trinajstić information content (AvgIpc) is 2.61. The van der Waals surface area contributed by atoms with E-state index in [9.17, 15) is 33.9 Å². The minimum atomic E-state index is -1.56. The van der Waals surface area contributed by atoms with E-state index in [1.165, 1.54) is 13.8 Å². The van der Waals surface area contributed by atoms with Crippen LogP contribution in [0.3, 0.4) is 0 Å². The Balaban J connectivity index is 5.03. The summed E-state index contributed by atoms with van der Waals surface area (Å²) in [5.74, 6) is -5.78. The van der Waals surface area contributed by atoms with Gasteiger partial charge in [0.15, 0.2) is 0 Å². The summed E-state index contributed by atoms with van der Waals surface area (Å²) in [5.41, 5.74) is 15.4. The Morgan fingerprint density at radius 1 is 0.867 bits per heavy atom. The van der Waals surface area contributed by atoms with Crippen LogP contribution in [0, 0.1) is 0 Å². The van der Waals surface area contributed by atoms with E-state index in [0.717, 1.165) is 0 Å². The highest BCUT2D eigenvalue weighted by molar-refractivity contribution is 5.95. The van der Waals surface area contributed by atoms with Gasteiger partial charge in [-0.05, 0) is 20.3 Å². The van der Waals surface area contributed by atoms with Crippen LogP contribution in [-0.4, -0.2) is 76.0 Å². The van der Waals surface area contributed by atoms with Crippen LogP contribution in [-0.2, 0) is 28.8 Å². The molecule has 0 rings (SSSR count). The van der Waals surface area contributed by atoms with Gasteiger partial charge in [-0.2, -0.15) is 0 Å². The smallest absolute Gasteiger partial charge is 0.326 e. The number of rotatable bonds is 13. The van der Waals surface area contributed by atoms with Gasteiger partial charge >= 0.3 is 5.97 Å². The molecular weight excluding hydrogens is 404 g/mol. The minimum Gasteiger partial charge on any atom is -0.480 e. The second kappa shape index (κ2) is 12.3. The second-order valence-corrected chi connectivity index (χ2v) is 6.64. The lowest BCUT2D eigenvalue weighted by Gasteiger charge is -2.25. The highest BCUT2D eigenvalue weighted by Gasteiger charge is 2.31. The molecule has 0 radical (unpaired) electrons. The number of carboxylic acid groups (broad SMARTS) is 1. The van der Waals surface area contributed by atoms with Crippen molar-refractivity contribution in [3.05, 3.63) is 0 Å². The molecule has 0 aromatic carbocycles. The van der Waals surface area contributed by atoms with Crippen LogP contribution in [0.5, 0.6) is 0 Å². The fourth-order valence-electron chi connectivity index (χ4n) is 2.18. The molecule has 30 heavy (non-hydrogen) atoms. The van der Waals surface area contributed by atoms with Gasteiger partial charge in [0.05, 0.1) is 18.6 Å². The number of primary amides is 2. The van der Waals surface area contributed by atoms with Gasteiger partial charge in [0.2, 0.25) is 29.5 Å². The third-order valence-electron chi connectivity index (χ3n) is 3.87. The van der Waals surface area contributed by atoms with E-state index in [1.807, 2.05) is 0 Å². The summed E-state index contributed by atoms with van der Waals surface area (Å²) in [6.45, 7) is 2.43. The van der Waals surface area contributed by atoms with Gasteiger partial charge in [0.1, 0.15) is 18.1 Å². The van der Waals surface area contributed by atoms with E-state index in [0.29, 0.717) is 0 Å². The molecule has 0 fully saturated rings. The van der Waals surface area contributed by atoms with Crippen LogP contribution in [0.1, 0.15) is 33.1 Å². The maximum Gasteiger partial charge on any atom is 0.326 e. The largest absolute Gasteiger partial charge is 0.480 e. The minimum absolute atomic E-state index is 0.291. The average molecular weight is 432 g/mol. The van der Waals surface area contributed by atoms with E-state index >= 15 is 0 Å². The molecule has 14 nitrogen and oxygen atoms in total. The van der Waals surface area contributed by atoms with E-state index in [-0.39, 0.29) is 12.8 Å². The van der Waals surface area contributed by atoms with Crippen molar-refractivity contribution in [3.8, 4) is 0 Å². The molecule has 0 aliphatic carbocycles. The van der Waals surface area contributed by atoms with E-state index < -0.39 is 72.2 Å². The van der Waals surface area contributed by atoms with Crippen molar-refractivity contribution in [2.45, 2.75) is 63.4 Å². The third kappa shape index (κ3) is 9.79. The molecule has 5 atom stereocenters. The van der Waals surface area contributed by atoms with Gasteiger partial charge in [-0.3, -0.25) is 24.0 Å².